The lowest BCUT2D eigenvalue weighted by atomic mass is 9.96. The average molecular weight is 296 g/mol. The number of benzene rings is 1. The van der Waals surface area contributed by atoms with Gasteiger partial charge in [-0.25, -0.2) is 4.39 Å². The molecule has 0 bridgehead atoms. The Labute approximate surface area is 123 Å². The molecule has 1 rings (SSSR count). The average Bonchev–Trinajstić information content (AvgIpc) is 2.41. The van der Waals surface area contributed by atoms with Gasteiger partial charge in [0.25, 0.3) is 0 Å². The third kappa shape index (κ3) is 4.82. The smallest absolute Gasteiger partial charge is 0.323 e. The van der Waals surface area contributed by atoms with E-state index in [0.29, 0.717) is 18.5 Å². The van der Waals surface area contributed by atoms with Crippen LogP contribution in [0.4, 0.5) is 10.1 Å². The van der Waals surface area contributed by atoms with Gasteiger partial charge in [0.15, 0.2) is 0 Å². The summed E-state index contributed by atoms with van der Waals surface area (Å²) in [5.74, 6) is -1.85. The van der Waals surface area contributed by atoms with Gasteiger partial charge in [0.05, 0.1) is 6.54 Å². The number of amides is 1. The van der Waals surface area contributed by atoms with Gasteiger partial charge in [-0.1, -0.05) is 19.4 Å². The van der Waals surface area contributed by atoms with Crippen LogP contribution in [0.2, 0.25) is 0 Å². The number of carbonyl (C=O) groups is 2. The summed E-state index contributed by atoms with van der Waals surface area (Å²) in [5, 5.41) is 14.5. The molecule has 1 atom stereocenters. The molecule has 0 heterocycles. The Bertz CT molecular complexity index is 534. The van der Waals surface area contributed by atoms with Gasteiger partial charge in [-0.05, 0) is 38.0 Å². The molecule has 0 aliphatic carbocycles. The molecule has 5 nitrogen and oxygen atoms in total. The Morgan fingerprint density at radius 1 is 1.38 bits per heavy atom. The van der Waals surface area contributed by atoms with E-state index >= 15 is 0 Å². The van der Waals surface area contributed by atoms with Gasteiger partial charge in [-0.15, -0.1) is 0 Å². The minimum absolute atomic E-state index is 0.154. The molecule has 116 valence electrons. The maximum Gasteiger partial charge on any atom is 0.323 e. The second kappa shape index (κ2) is 7.17. The van der Waals surface area contributed by atoms with Crippen molar-refractivity contribution >= 4 is 17.6 Å². The minimum atomic E-state index is -1.15. The molecule has 1 aromatic rings. The van der Waals surface area contributed by atoms with Crippen molar-refractivity contribution in [3.8, 4) is 0 Å². The Morgan fingerprint density at radius 2 is 2.05 bits per heavy atom. The van der Waals surface area contributed by atoms with Crippen LogP contribution >= 0.6 is 0 Å². The molecular weight excluding hydrogens is 275 g/mol. The highest BCUT2D eigenvalue weighted by Crippen LogP contribution is 2.16. The second-order valence-corrected chi connectivity index (χ2v) is 5.25. The van der Waals surface area contributed by atoms with Gasteiger partial charge in [0.1, 0.15) is 11.4 Å². The fourth-order valence-electron chi connectivity index (χ4n) is 1.97. The number of anilines is 1. The molecule has 0 radical (unpaired) electrons. The molecule has 0 aliphatic rings. The molecule has 1 unspecified atom stereocenters. The van der Waals surface area contributed by atoms with Crippen LogP contribution < -0.4 is 10.6 Å². The maximum atomic E-state index is 13.1. The summed E-state index contributed by atoms with van der Waals surface area (Å²) in [7, 11) is 0. The second-order valence-electron chi connectivity index (χ2n) is 5.25. The zero-order valence-electron chi connectivity index (χ0n) is 12.5. The number of hydrogen-bond donors (Lipinski definition) is 3. The number of carbonyl (C=O) groups excluding carboxylic acids is 1. The Kier molecular flexibility index (Phi) is 5.84. The highest BCUT2D eigenvalue weighted by atomic mass is 19.1. The summed E-state index contributed by atoms with van der Waals surface area (Å²) in [5.41, 5.74) is -0.0306. The van der Waals surface area contributed by atoms with Crippen molar-refractivity contribution in [3.63, 3.8) is 0 Å². The van der Waals surface area contributed by atoms with Gasteiger partial charge >= 0.3 is 5.97 Å². The van der Waals surface area contributed by atoms with Crippen LogP contribution in [0.5, 0.6) is 0 Å². The maximum absolute atomic E-state index is 13.1. The van der Waals surface area contributed by atoms with Gasteiger partial charge in [-0.3, -0.25) is 14.9 Å². The minimum Gasteiger partial charge on any atom is -0.480 e. The molecule has 0 aliphatic heterocycles. The van der Waals surface area contributed by atoms with Crippen molar-refractivity contribution in [2.45, 2.75) is 39.2 Å². The van der Waals surface area contributed by atoms with Crippen LogP contribution in [0.15, 0.2) is 18.2 Å². The molecule has 0 aromatic heterocycles. The number of hydrogen-bond acceptors (Lipinski definition) is 3. The van der Waals surface area contributed by atoms with Crippen LogP contribution in [0.1, 0.15) is 32.3 Å². The van der Waals surface area contributed by atoms with Gasteiger partial charge in [-0.2, -0.15) is 0 Å². The molecule has 6 heteroatoms. The monoisotopic (exact) mass is 296 g/mol. The fourth-order valence-corrected chi connectivity index (χ4v) is 1.97. The molecule has 3 N–H and O–H groups in total. The third-order valence-corrected chi connectivity index (χ3v) is 3.33. The third-order valence-electron chi connectivity index (χ3n) is 3.33. The Hall–Kier alpha value is -1.95. The largest absolute Gasteiger partial charge is 0.480 e. The van der Waals surface area contributed by atoms with Crippen LogP contribution in [-0.2, 0) is 9.59 Å². The predicted molar refractivity (Wildman–Crippen MR) is 78.7 cm³/mol. The standard InChI is InChI=1S/C15H21FN2O3/c1-4-7-15(3,14(20)21)17-9-13(19)18-12-8-11(16)6-5-10(12)2/h5-6,8,17H,4,7,9H2,1-3H3,(H,18,19)(H,20,21). The van der Waals surface area contributed by atoms with E-state index in [-0.39, 0.29) is 6.54 Å². The van der Waals surface area contributed by atoms with Gasteiger partial charge in [0.2, 0.25) is 5.91 Å². The van der Waals surface area contributed by atoms with Gasteiger partial charge < -0.3 is 10.4 Å². The van der Waals surface area contributed by atoms with E-state index in [1.165, 1.54) is 12.1 Å². The number of aryl methyl sites for hydroxylation is 1. The summed E-state index contributed by atoms with van der Waals surface area (Å²) in [4.78, 5) is 23.1. The van der Waals surface area contributed by atoms with Crippen LogP contribution in [0.25, 0.3) is 0 Å². The lowest BCUT2D eigenvalue weighted by Gasteiger charge is -2.25. The molecule has 0 spiro atoms. The highest BCUT2D eigenvalue weighted by molar-refractivity contribution is 5.93. The summed E-state index contributed by atoms with van der Waals surface area (Å²) in [6.45, 7) is 5.01. The summed E-state index contributed by atoms with van der Waals surface area (Å²) < 4.78 is 13.1. The quantitative estimate of drug-likeness (QED) is 0.721. The molecule has 0 saturated heterocycles. The highest BCUT2D eigenvalue weighted by Gasteiger charge is 2.31. The summed E-state index contributed by atoms with van der Waals surface area (Å²) in [6, 6.07) is 4.11. The normalized spacial score (nSPS) is 13.5. The topological polar surface area (TPSA) is 78.4 Å². The number of carboxylic acid groups (broad SMARTS) is 1. The molecular formula is C15H21FN2O3. The first-order valence-electron chi connectivity index (χ1n) is 6.83. The molecule has 1 aromatic carbocycles. The van der Waals surface area contributed by atoms with Crippen molar-refractivity contribution < 1.29 is 19.1 Å². The first-order chi connectivity index (χ1) is 9.78. The van der Waals surface area contributed by atoms with E-state index < -0.39 is 23.2 Å². The number of carboxylic acids is 1. The first-order valence-corrected chi connectivity index (χ1v) is 6.83. The molecule has 0 fully saturated rings. The Morgan fingerprint density at radius 3 is 2.62 bits per heavy atom. The van der Waals surface area contributed by atoms with E-state index in [2.05, 4.69) is 10.6 Å². The van der Waals surface area contributed by atoms with Crippen LogP contribution in [-0.4, -0.2) is 29.1 Å². The zero-order chi connectivity index (χ0) is 16.0. The summed E-state index contributed by atoms with van der Waals surface area (Å²) in [6.07, 6.45) is 1.09. The number of nitrogens with one attached hydrogen (secondary N) is 2. The molecule has 0 saturated carbocycles. The van der Waals surface area contributed by atoms with Gasteiger partial charge in [0, 0.05) is 5.69 Å². The molecule has 1 amide bonds. The fraction of sp³-hybridized carbons (Fsp3) is 0.467. The van der Waals surface area contributed by atoms with E-state index in [1.807, 2.05) is 6.92 Å². The van der Waals surface area contributed by atoms with E-state index in [9.17, 15) is 19.1 Å². The lowest BCUT2D eigenvalue weighted by molar-refractivity contribution is -0.144. The number of rotatable bonds is 7. The number of halogens is 1. The van der Waals surface area contributed by atoms with E-state index in [4.69, 9.17) is 0 Å². The number of aliphatic carboxylic acids is 1. The lowest BCUT2D eigenvalue weighted by Crippen LogP contribution is -2.51. The SMILES string of the molecule is CCCC(C)(NCC(=O)Nc1cc(F)ccc1C)C(=O)O. The van der Waals surface area contributed by atoms with E-state index in [0.717, 1.165) is 5.56 Å². The van der Waals surface area contributed by atoms with E-state index in [1.54, 1.807) is 19.9 Å². The predicted octanol–water partition coefficient (Wildman–Crippen LogP) is 2.31. The van der Waals surface area contributed by atoms with Crippen molar-refractivity contribution in [3.05, 3.63) is 29.6 Å². The zero-order valence-corrected chi connectivity index (χ0v) is 12.5. The van der Waals surface area contributed by atoms with Crippen LogP contribution in [0.3, 0.4) is 0 Å². The first kappa shape index (κ1) is 17.1. The Balaban J connectivity index is 2.65. The van der Waals surface area contributed by atoms with Crippen molar-refractivity contribution in [1.82, 2.24) is 5.32 Å². The summed E-state index contributed by atoms with van der Waals surface area (Å²) >= 11 is 0. The van der Waals surface area contributed by atoms with Crippen molar-refractivity contribution in [2.24, 2.45) is 0 Å². The van der Waals surface area contributed by atoms with Crippen molar-refractivity contribution in [1.29, 1.82) is 0 Å². The molecule has 21 heavy (non-hydrogen) atoms. The van der Waals surface area contributed by atoms with Crippen LogP contribution in [0, 0.1) is 12.7 Å². The van der Waals surface area contributed by atoms with Crippen molar-refractivity contribution in [2.75, 3.05) is 11.9 Å².